The molecule has 0 aromatic carbocycles. The van der Waals surface area contributed by atoms with Crippen LogP contribution in [0.1, 0.15) is 48.9 Å². The van der Waals surface area contributed by atoms with Crippen LogP contribution in [0.2, 0.25) is 0 Å². The number of amides is 2. The molecule has 2 amide bonds. The van der Waals surface area contributed by atoms with Gasteiger partial charge in [-0.15, -0.1) is 24.8 Å². The van der Waals surface area contributed by atoms with E-state index in [9.17, 15) is 9.59 Å². The Morgan fingerprint density at radius 3 is 2.40 bits per heavy atom. The molecule has 1 aromatic heterocycles. The topological polar surface area (TPSA) is 97.1 Å². The van der Waals surface area contributed by atoms with Crippen molar-refractivity contribution in [2.24, 2.45) is 11.1 Å². The lowest BCUT2D eigenvalue weighted by atomic mass is 9.71. The summed E-state index contributed by atoms with van der Waals surface area (Å²) in [7, 11) is 0. The number of halogens is 2. The van der Waals surface area contributed by atoms with Crippen molar-refractivity contribution >= 4 is 36.6 Å². The Bertz CT molecular complexity index is 523. The minimum Gasteiger partial charge on any atom is -0.354 e. The Kier molecular flexibility index (Phi) is 11.4. The van der Waals surface area contributed by atoms with E-state index < -0.39 is 0 Å². The fourth-order valence-corrected chi connectivity index (χ4v) is 3.14. The lowest BCUT2D eigenvalue weighted by molar-refractivity contribution is -0.123. The molecule has 4 N–H and O–H groups in total. The van der Waals surface area contributed by atoms with Gasteiger partial charge in [-0.25, -0.2) is 0 Å². The van der Waals surface area contributed by atoms with Crippen LogP contribution in [-0.2, 0) is 4.79 Å². The predicted molar refractivity (Wildman–Crippen MR) is 103 cm³/mol. The lowest BCUT2D eigenvalue weighted by Gasteiger charge is -2.35. The third-order valence-corrected chi connectivity index (χ3v) is 4.54. The Labute approximate surface area is 161 Å². The van der Waals surface area contributed by atoms with Gasteiger partial charge in [0, 0.05) is 31.9 Å². The highest BCUT2D eigenvalue weighted by molar-refractivity contribution is 5.93. The minimum absolute atomic E-state index is 0. The maximum absolute atomic E-state index is 12.1. The van der Waals surface area contributed by atoms with Crippen molar-refractivity contribution in [2.75, 3.05) is 19.6 Å². The van der Waals surface area contributed by atoms with Gasteiger partial charge in [0.25, 0.3) is 5.91 Å². The zero-order valence-corrected chi connectivity index (χ0v) is 16.0. The standard InChI is InChI=1S/C17H26N4O2.2ClH/c18-13-17(6-2-1-3-7-17)11-15(22)20-9-10-21-16(23)14-5-4-8-19-12-14;;/h4-5,8,12H,1-3,6-7,9-11,13,18H2,(H,20,22)(H,21,23);2*1H. The molecule has 0 saturated heterocycles. The third kappa shape index (κ3) is 7.59. The van der Waals surface area contributed by atoms with Crippen molar-refractivity contribution < 1.29 is 9.59 Å². The van der Waals surface area contributed by atoms with Crippen LogP contribution < -0.4 is 16.4 Å². The van der Waals surface area contributed by atoms with Gasteiger partial charge in [-0.05, 0) is 36.9 Å². The highest BCUT2D eigenvalue weighted by atomic mass is 35.5. The maximum atomic E-state index is 12.1. The van der Waals surface area contributed by atoms with E-state index >= 15 is 0 Å². The molecule has 1 aromatic rings. The molecule has 1 aliphatic carbocycles. The van der Waals surface area contributed by atoms with Gasteiger partial charge in [0.05, 0.1) is 5.56 Å². The smallest absolute Gasteiger partial charge is 0.252 e. The van der Waals surface area contributed by atoms with Crippen LogP contribution >= 0.6 is 24.8 Å². The zero-order chi connectivity index (χ0) is 16.5. The summed E-state index contributed by atoms with van der Waals surface area (Å²) in [5.41, 5.74) is 6.39. The van der Waals surface area contributed by atoms with E-state index in [0.717, 1.165) is 25.7 Å². The van der Waals surface area contributed by atoms with Crippen LogP contribution in [0.5, 0.6) is 0 Å². The number of carbonyl (C=O) groups is 2. The largest absolute Gasteiger partial charge is 0.354 e. The molecule has 0 unspecified atom stereocenters. The van der Waals surface area contributed by atoms with Crippen molar-refractivity contribution in [1.29, 1.82) is 0 Å². The molecule has 0 atom stereocenters. The van der Waals surface area contributed by atoms with Gasteiger partial charge < -0.3 is 16.4 Å². The fraction of sp³-hybridized carbons (Fsp3) is 0.588. The number of carbonyl (C=O) groups excluding carboxylic acids is 2. The summed E-state index contributed by atoms with van der Waals surface area (Å²) in [4.78, 5) is 27.8. The fourth-order valence-electron chi connectivity index (χ4n) is 3.14. The normalized spacial score (nSPS) is 15.2. The molecule has 0 radical (unpaired) electrons. The first-order chi connectivity index (χ1) is 11.2. The second kappa shape index (κ2) is 12.1. The summed E-state index contributed by atoms with van der Waals surface area (Å²) in [6.45, 7) is 1.39. The number of nitrogens with two attached hydrogens (primary N) is 1. The number of hydrogen-bond donors (Lipinski definition) is 3. The monoisotopic (exact) mass is 390 g/mol. The highest BCUT2D eigenvalue weighted by Crippen LogP contribution is 2.38. The van der Waals surface area contributed by atoms with Gasteiger partial charge in [0.2, 0.25) is 5.91 Å². The van der Waals surface area contributed by atoms with E-state index in [1.807, 2.05) is 0 Å². The van der Waals surface area contributed by atoms with Gasteiger partial charge in [-0.1, -0.05) is 19.3 Å². The molecule has 0 aliphatic heterocycles. The number of hydrogen-bond acceptors (Lipinski definition) is 4. The van der Waals surface area contributed by atoms with Crippen molar-refractivity contribution in [2.45, 2.75) is 38.5 Å². The van der Waals surface area contributed by atoms with Crippen LogP contribution in [0.4, 0.5) is 0 Å². The summed E-state index contributed by atoms with van der Waals surface area (Å²) < 4.78 is 0. The van der Waals surface area contributed by atoms with Crippen molar-refractivity contribution in [3.8, 4) is 0 Å². The first-order valence-electron chi connectivity index (χ1n) is 8.30. The molecule has 1 heterocycles. The first kappa shape index (κ1) is 23.6. The van der Waals surface area contributed by atoms with Crippen LogP contribution in [0.15, 0.2) is 24.5 Å². The van der Waals surface area contributed by atoms with E-state index in [1.165, 1.54) is 12.6 Å². The molecule has 6 nitrogen and oxygen atoms in total. The lowest BCUT2D eigenvalue weighted by Crippen LogP contribution is -2.40. The maximum Gasteiger partial charge on any atom is 0.252 e. The quantitative estimate of drug-likeness (QED) is 0.620. The van der Waals surface area contributed by atoms with E-state index in [2.05, 4.69) is 15.6 Å². The molecule has 1 saturated carbocycles. The zero-order valence-electron chi connectivity index (χ0n) is 14.3. The van der Waals surface area contributed by atoms with Crippen LogP contribution in [0.25, 0.3) is 0 Å². The minimum atomic E-state index is -0.182. The SMILES string of the molecule is Cl.Cl.NCC1(CC(=O)NCCNC(=O)c2cccnc2)CCCCC1. The molecular weight excluding hydrogens is 363 g/mol. The van der Waals surface area contributed by atoms with Crippen molar-refractivity contribution in [3.05, 3.63) is 30.1 Å². The molecular formula is C17H28Cl2N4O2. The number of rotatable bonds is 7. The second-order valence-electron chi connectivity index (χ2n) is 6.29. The Morgan fingerprint density at radius 1 is 1.12 bits per heavy atom. The third-order valence-electron chi connectivity index (χ3n) is 4.54. The average Bonchev–Trinajstić information content (AvgIpc) is 2.60. The van der Waals surface area contributed by atoms with E-state index in [0.29, 0.717) is 31.6 Å². The second-order valence-corrected chi connectivity index (χ2v) is 6.29. The molecule has 142 valence electrons. The summed E-state index contributed by atoms with van der Waals surface area (Å²) in [5.74, 6) is -0.161. The van der Waals surface area contributed by atoms with Crippen LogP contribution in [0, 0.1) is 5.41 Å². The van der Waals surface area contributed by atoms with Crippen molar-refractivity contribution in [3.63, 3.8) is 0 Å². The molecule has 25 heavy (non-hydrogen) atoms. The number of pyridine rings is 1. The van der Waals surface area contributed by atoms with E-state index in [1.54, 1.807) is 18.3 Å². The Balaban J connectivity index is 0.00000288. The highest BCUT2D eigenvalue weighted by Gasteiger charge is 2.32. The molecule has 8 heteroatoms. The summed E-state index contributed by atoms with van der Waals surface area (Å²) in [5, 5.41) is 5.63. The van der Waals surface area contributed by atoms with Crippen molar-refractivity contribution in [1.82, 2.24) is 15.6 Å². The molecule has 0 bridgehead atoms. The molecule has 1 fully saturated rings. The van der Waals surface area contributed by atoms with Gasteiger partial charge in [-0.3, -0.25) is 14.6 Å². The Morgan fingerprint density at radius 2 is 1.80 bits per heavy atom. The number of aromatic nitrogens is 1. The summed E-state index contributed by atoms with van der Waals surface area (Å²) in [6.07, 6.45) is 9.25. The summed E-state index contributed by atoms with van der Waals surface area (Å²) in [6, 6.07) is 3.42. The van der Waals surface area contributed by atoms with E-state index in [-0.39, 0.29) is 42.0 Å². The van der Waals surface area contributed by atoms with Gasteiger partial charge in [-0.2, -0.15) is 0 Å². The van der Waals surface area contributed by atoms with Gasteiger partial charge >= 0.3 is 0 Å². The molecule has 2 rings (SSSR count). The van der Waals surface area contributed by atoms with Gasteiger partial charge in [0.1, 0.15) is 0 Å². The number of nitrogens with zero attached hydrogens (tertiary/aromatic N) is 1. The average molecular weight is 391 g/mol. The molecule has 0 spiro atoms. The van der Waals surface area contributed by atoms with Crippen LogP contribution in [0.3, 0.4) is 0 Å². The predicted octanol–water partition coefficient (Wildman–Crippen LogP) is 2.07. The van der Waals surface area contributed by atoms with Gasteiger partial charge in [0.15, 0.2) is 0 Å². The van der Waals surface area contributed by atoms with E-state index in [4.69, 9.17) is 5.73 Å². The first-order valence-corrected chi connectivity index (χ1v) is 8.30. The number of nitrogens with one attached hydrogen (secondary N) is 2. The molecule has 1 aliphatic rings. The van der Waals surface area contributed by atoms with Crippen LogP contribution in [-0.4, -0.2) is 36.4 Å². The Hall–Kier alpha value is -1.37. The summed E-state index contributed by atoms with van der Waals surface area (Å²) >= 11 is 0.